The highest BCUT2D eigenvalue weighted by molar-refractivity contribution is 5.97. The summed E-state index contributed by atoms with van der Waals surface area (Å²) in [5.41, 5.74) is 0.271. The van der Waals surface area contributed by atoms with E-state index in [2.05, 4.69) is 0 Å². The van der Waals surface area contributed by atoms with E-state index in [-0.39, 0.29) is 0 Å². The lowest BCUT2D eigenvalue weighted by molar-refractivity contribution is -0.152. The summed E-state index contributed by atoms with van der Waals surface area (Å²) in [5, 5.41) is 10.9. The molecule has 0 spiro atoms. The molecule has 1 aromatic carbocycles. The Bertz CT molecular complexity index is 491. The highest BCUT2D eigenvalue weighted by Gasteiger charge is 2.35. The van der Waals surface area contributed by atoms with Gasteiger partial charge in [0, 0.05) is 12.5 Å². The molecule has 0 bridgehead atoms. The van der Waals surface area contributed by atoms with Crippen molar-refractivity contribution in [3.05, 3.63) is 35.9 Å². The van der Waals surface area contributed by atoms with E-state index in [1.54, 1.807) is 7.11 Å². The molecule has 0 saturated heterocycles. The zero-order chi connectivity index (χ0) is 13.3. The monoisotopic (exact) mass is 248 g/mol. The van der Waals surface area contributed by atoms with Crippen LogP contribution in [0.1, 0.15) is 18.9 Å². The molecule has 0 saturated carbocycles. The molecule has 1 aliphatic rings. The molecule has 18 heavy (non-hydrogen) atoms. The fourth-order valence-electron chi connectivity index (χ4n) is 1.94. The van der Waals surface area contributed by atoms with Crippen molar-refractivity contribution in [2.45, 2.75) is 19.1 Å². The van der Waals surface area contributed by atoms with Crippen molar-refractivity contribution in [2.24, 2.45) is 5.84 Å². The fourth-order valence-corrected chi connectivity index (χ4v) is 1.94. The lowest BCUT2D eigenvalue weighted by Crippen LogP contribution is -2.55. The second-order valence-electron chi connectivity index (χ2n) is 4.50. The van der Waals surface area contributed by atoms with Crippen LogP contribution in [-0.2, 0) is 4.79 Å². The van der Waals surface area contributed by atoms with Gasteiger partial charge in [-0.1, -0.05) is 12.1 Å². The molecule has 0 radical (unpaired) electrons. The Labute approximate surface area is 105 Å². The van der Waals surface area contributed by atoms with Gasteiger partial charge < -0.3 is 9.84 Å². The normalized spacial score (nSPS) is 23.9. The first-order chi connectivity index (χ1) is 8.44. The van der Waals surface area contributed by atoms with E-state index < -0.39 is 11.6 Å². The van der Waals surface area contributed by atoms with Gasteiger partial charge in [-0.2, -0.15) is 0 Å². The van der Waals surface area contributed by atoms with E-state index in [4.69, 9.17) is 10.6 Å². The molecule has 0 fully saturated rings. The van der Waals surface area contributed by atoms with Gasteiger partial charge in [-0.05, 0) is 30.2 Å². The van der Waals surface area contributed by atoms with Crippen LogP contribution in [-0.4, -0.2) is 28.9 Å². The summed E-state index contributed by atoms with van der Waals surface area (Å²) in [6, 6.07) is 7.31. The van der Waals surface area contributed by atoms with Crippen molar-refractivity contribution in [1.82, 2.24) is 5.01 Å². The maximum atomic E-state index is 11.7. The number of benzene rings is 1. The number of rotatable bonds is 2. The molecule has 1 aromatic rings. The first-order valence-electron chi connectivity index (χ1n) is 5.60. The number of hydrogen-bond acceptors (Lipinski definition) is 4. The number of amides is 1. The van der Waals surface area contributed by atoms with Crippen molar-refractivity contribution in [3.8, 4) is 5.75 Å². The number of hydrogen-bond donors (Lipinski definition) is 2. The smallest absolute Gasteiger partial charge is 0.263 e. The third-order valence-corrected chi connectivity index (χ3v) is 3.04. The van der Waals surface area contributed by atoms with Gasteiger partial charge in [0.1, 0.15) is 5.75 Å². The molecule has 1 heterocycles. The molecule has 0 aromatic heterocycles. The minimum absolute atomic E-state index is 0.293. The topological polar surface area (TPSA) is 75.8 Å². The quantitative estimate of drug-likeness (QED) is 0.602. The predicted octanol–water partition coefficient (Wildman–Crippen LogP) is 0.893. The molecule has 2 rings (SSSR count). The largest absolute Gasteiger partial charge is 0.497 e. The number of carbonyl (C=O) groups excluding carboxylic acids is 1. The SMILES string of the molecule is COc1ccc(C2=CC(=O)N(N)C(C)(O)C2)cc1. The maximum Gasteiger partial charge on any atom is 0.263 e. The number of nitrogens with zero attached hydrogens (tertiary/aromatic N) is 1. The Balaban J connectivity index is 2.33. The number of carbonyl (C=O) groups is 1. The number of methoxy groups -OCH3 is 1. The zero-order valence-electron chi connectivity index (χ0n) is 10.4. The van der Waals surface area contributed by atoms with Crippen LogP contribution in [0.5, 0.6) is 5.75 Å². The van der Waals surface area contributed by atoms with Crippen molar-refractivity contribution >= 4 is 11.5 Å². The lowest BCUT2D eigenvalue weighted by atomic mass is 9.93. The molecular formula is C13H16N2O3. The van der Waals surface area contributed by atoms with Crippen LogP contribution >= 0.6 is 0 Å². The lowest BCUT2D eigenvalue weighted by Gasteiger charge is -2.36. The molecule has 3 N–H and O–H groups in total. The van der Waals surface area contributed by atoms with Crippen LogP contribution in [0.15, 0.2) is 30.3 Å². The Morgan fingerprint density at radius 2 is 2.00 bits per heavy atom. The van der Waals surface area contributed by atoms with E-state index >= 15 is 0 Å². The van der Waals surface area contributed by atoms with Crippen molar-refractivity contribution in [1.29, 1.82) is 0 Å². The Morgan fingerprint density at radius 3 is 2.50 bits per heavy atom. The van der Waals surface area contributed by atoms with Gasteiger partial charge in [-0.3, -0.25) is 4.79 Å². The molecule has 1 atom stereocenters. The first kappa shape index (κ1) is 12.6. The van der Waals surface area contributed by atoms with Gasteiger partial charge in [0.15, 0.2) is 5.72 Å². The van der Waals surface area contributed by atoms with Crippen molar-refractivity contribution in [2.75, 3.05) is 7.11 Å². The molecule has 96 valence electrons. The van der Waals surface area contributed by atoms with Gasteiger partial charge in [0.2, 0.25) is 0 Å². The number of hydrazine groups is 1. The van der Waals surface area contributed by atoms with Crippen LogP contribution in [0.4, 0.5) is 0 Å². The summed E-state index contributed by atoms with van der Waals surface area (Å²) in [5.74, 6) is 5.85. The summed E-state index contributed by atoms with van der Waals surface area (Å²) in [6.07, 6.45) is 1.74. The molecule has 5 nitrogen and oxygen atoms in total. The summed E-state index contributed by atoms with van der Waals surface area (Å²) in [4.78, 5) is 11.7. The molecule has 1 aliphatic heterocycles. The van der Waals surface area contributed by atoms with Gasteiger partial charge in [-0.25, -0.2) is 10.9 Å². The average molecular weight is 248 g/mol. The summed E-state index contributed by atoms with van der Waals surface area (Å²) in [7, 11) is 1.59. The number of nitrogens with two attached hydrogens (primary N) is 1. The van der Waals surface area contributed by atoms with Gasteiger partial charge in [0.05, 0.1) is 7.11 Å². The summed E-state index contributed by atoms with van der Waals surface area (Å²) < 4.78 is 5.07. The number of ether oxygens (including phenoxy) is 1. The van der Waals surface area contributed by atoms with E-state index in [0.717, 1.165) is 21.9 Å². The summed E-state index contributed by atoms with van der Waals surface area (Å²) >= 11 is 0. The van der Waals surface area contributed by atoms with Crippen LogP contribution < -0.4 is 10.6 Å². The second-order valence-corrected chi connectivity index (χ2v) is 4.50. The average Bonchev–Trinajstić information content (AvgIpc) is 2.35. The van der Waals surface area contributed by atoms with E-state index in [0.29, 0.717) is 6.42 Å². The van der Waals surface area contributed by atoms with Crippen LogP contribution in [0.25, 0.3) is 5.57 Å². The highest BCUT2D eigenvalue weighted by Crippen LogP contribution is 2.31. The summed E-state index contributed by atoms with van der Waals surface area (Å²) in [6.45, 7) is 1.52. The van der Waals surface area contributed by atoms with E-state index in [1.807, 2.05) is 24.3 Å². The van der Waals surface area contributed by atoms with Crippen LogP contribution in [0.2, 0.25) is 0 Å². The Hall–Kier alpha value is -1.85. The fraction of sp³-hybridized carbons (Fsp3) is 0.308. The first-order valence-corrected chi connectivity index (χ1v) is 5.60. The Kier molecular flexibility index (Phi) is 3.11. The highest BCUT2D eigenvalue weighted by atomic mass is 16.5. The van der Waals surface area contributed by atoms with Crippen molar-refractivity contribution < 1.29 is 14.6 Å². The molecule has 1 unspecified atom stereocenters. The third-order valence-electron chi connectivity index (χ3n) is 3.04. The second kappa shape index (κ2) is 4.44. The van der Waals surface area contributed by atoms with Gasteiger partial charge in [0.25, 0.3) is 5.91 Å². The van der Waals surface area contributed by atoms with Crippen LogP contribution in [0.3, 0.4) is 0 Å². The van der Waals surface area contributed by atoms with Gasteiger partial charge in [-0.15, -0.1) is 0 Å². The van der Waals surface area contributed by atoms with Gasteiger partial charge >= 0.3 is 0 Å². The molecule has 1 amide bonds. The Morgan fingerprint density at radius 1 is 1.39 bits per heavy atom. The van der Waals surface area contributed by atoms with E-state index in [1.165, 1.54) is 13.0 Å². The zero-order valence-corrected chi connectivity index (χ0v) is 10.4. The standard InChI is InChI=1S/C13H16N2O3/c1-13(17)8-10(7-12(16)15(13)14)9-3-5-11(18-2)6-4-9/h3-7,17H,8,14H2,1-2H3. The maximum absolute atomic E-state index is 11.7. The minimum atomic E-state index is -1.36. The van der Waals surface area contributed by atoms with Crippen molar-refractivity contribution in [3.63, 3.8) is 0 Å². The predicted molar refractivity (Wildman–Crippen MR) is 67.2 cm³/mol. The number of aliphatic hydroxyl groups is 1. The minimum Gasteiger partial charge on any atom is -0.497 e. The van der Waals surface area contributed by atoms with E-state index in [9.17, 15) is 9.90 Å². The molecule has 0 aliphatic carbocycles. The third kappa shape index (κ3) is 2.23. The van der Waals surface area contributed by atoms with Crippen LogP contribution in [0, 0.1) is 0 Å². The molecular weight excluding hydrogens is 232 g/mol. The molecule has 5 heteroatoms.